The van der Waals surface area contributed by atoms with Gasteiger partial charge in [0.15, 0.2) is 5.78 Å². The van der Waals surface area contributed by atoms with Crippen LogP contribution in [0.1, 0.15) is 43.0 Å². The number of anilines is 1. The van der Waals surface area contributed by atoms with Crippen LogP contribution in [0.4, 0.5) is 5.69 Å². The van der Waals surface area contributed by atoms with Crippen LogP contribution in [0.5, 0.6) is 0 Å². The Bertz CT molecular complexity index is 749. The number of hydrogen-bond acceptors (Lipinski definition) is 4. The predicted molar refractivity (Wildman–Crippen MR) is 91.3 cm³/mol. The minimum atomic E-state index is -3.36. The quantitative estimate of drug-likeness (QED) is 0.842. The van der Waals surface area contributed by atoms with E-state index in [9.17, 15) is 18.0 Å². The molecular weight excluding hydrogens is 328 g/mol. The van der Waals surface area contributed by atoms with Crippen LogP contribution in [-0.2, 0) is 14.8 Å². The van der Waals surface area contributed by atoms with Crippen LogP contribution in [0.3, 0.4) is 0 Å². The van der Waals surface area contributed by atoms with Crippen molar-refractivity contribution in [2.45, 2.75) is 32.6 Å². The molecule has 0 radical (unpaired) electrons. The zero-order valence-corrected chi connectivity index (χ0v) is 14.6. The van der Waals surface area contributed by atoms with Crippen LogP contribution in [0.15, 0.2) is 24.3 Å². The monoisotopic (exact) mass is 350 g/mol. The highest BCUT2D eigenvalue weighted by atomic mass is 32.2. The number of hydrogen-bond donors (Lipinski definition) is 1. The molecule has 1 amide bonds. The summed E-state index contributed by atoms with van der Waals surface area (Å²) >= 11 is 0. The van der Waals surface area contributed by atoms with E-state index < -0.39 is 10.0 Å². The molecule has 1 N–H and O–H groups in total. The van der Waals surface area contributed by atoms with Gasteiger partial charge in [0, 0.05) is 17.8 Å². The minimum absolute atomic E-state index is 0.0436. The van der Waals surface area contributed by atoms with E-state index in [1.165, 1.54) is 11.2 Å². The van der Waals surface area contributed by atoms with E-state index in [0.717, 1.165) is 25.7 Å². The number of nitrogens with one attached hydrogen (secondary N) is 1. The lowest BCUT2D eigenvalue weighted by Crippen LogP contribution is -2.35. The van der Waals surface area contributed by atoms with E-state index in [4.69, 9.17) is 0 Å². The number of rotatable bonds is 4. The fourth-order valence-corrected chi connectivity index (χ4v) is 5.85. The molecule has 1 aromatic carbocycles. The average Bonchev–Trinajstić information content (AvgIpc) is 3.03. The van der Waals surface area contributed by atoms with Gasteiger partial charge in [-0.1, -0.05) is 12.8 Å². The van der Waals surface area contributed by atoms with Crippen LogP contribution in [0, 0.1) is 5.41 Å². The molecule has 1 heterocycles. The number of amides is 1. The third-order valence-corrected chi connectivity index (χ3v) is 6.98. The Morgan fingerprint density at radius 3 is 2.38 bits per heavy atom. The van der Waals surface area contributed by atoms with Gasteiger partial charge in [-0.25, -0.2) is 8.42 Å². The van der Waals surface area contributed by atoms with Crippen LogP contribution in [0.25, 0.3) is 0 Å². The lowest BCUT2D eigenvalue weighted by molar-refractivity contribution is -0.116. The first-order valence-electron chi connectivity index (χ1n) is 8.18. The molecule has 0 unspecified atom stereocenters. The Hall–Kier alpha value is -1.73. The van der Waals surface area contributed by atoms with Crippen molar-refractivity contribution < 1.29 is 18.0 Å². The smallest absolute Gasteiger partial charge is 0.239 e. The van der Waals surface area contributed by atoms with Crippen molar-refractivity contribution >= 4 is 27.4 Å². The number of benzene rings is 1. The standard InChI is InChI=1S/C17H22N2O4S/c1-13(20)14-4-6-15(7-5-14)18-16(21)10-19-11-17(8-2-3-9-17)12-24(19,22)23/h4-7H,2-3,8-12H2,1H3,(H,18,21). The first-order chi connectivity index (χ1) is 11.3. The van der Waals surface area contributed by atoms with Gasteiger partial charge in [0.25, 0.3) is 0 Å². The summed E-state index contributed by atoms with van der Waals surface area (Å²) in [6, 6.07) is 6.56. The predicted octanol–water partition coefficient (Wildman–Crippen LogP) is 2.03. The van der Waals surface area contributed by atoms with Gasteiger partial charge in [-0.3, -0.25) is 9.59 Å². The molecule has 1 aliphatic heterocycles. The van der Waals surface area contributed by atoms with E-state index in [0.29, 0.717) is 17.8 Å². The maximum Gasteiger partial charge on any atom is 0.239 e. The Kier molecular flexibility index (Phi) is 4.48. The number of carbonyl (C=O) groups is 2. The van der Waals surface area contributed by atoms with Gasteiger partial charge in [0.1, 0.15) is 0 Å². The Balaban J connectivity index is 1.63. The topological polar surface area (TPSA) is 83.6 Å². The van der Waals surface area contributed by atoms with Crippen molar-refractivity contribution in [1.29, 1.82) is 0 Å². The highest BCUT2D eigenvalue weighted by Crippen LogP contribution is 2.44. The molecule has 1 saturated carbocycles. The fraction of sp³-hybridized carbons (Fsp3) is 0.529. The van der Waals surface area contributed by atoms with Crippen molar-refractivity contribution in [2.75, 3.05) is 24.2 Å². The molecule has 0 atom stereocenters. The van der Waals surface area contributed by atoms with Gasteiger partial charge in [-0.2, -0.15) is 4.31 Å². The molecule has 0 bridgehead atoms. The van der Waals surface area contributed by atoms with E-state index in [1.54, 1.807) is 24.3 Å². The molecule has 1 aromatic rings. The Morgan fingerprint density at radius 2 is 1.79 bits per heavy atom. The van der Waals surface area contributed by atoms with E-state index >= 15 is 0 Å². The van der Waals surface area contributed by atoms with Crippen LogP contribution in [-0.4, -0.2) is 43.3 Å². The van der Waals surface area contributed by atoms with Crippen LogP contribution in [0.2, 0.25) is 0 Å². The summed E-state index contributed by atoms with van der Waals surface area (Å²) in [6.45, 7) is 1.77. The van der Waals surface area contributed by atoms with Crippen molar-refractivity contribution in [2.24, 2.45) is 5.41 Å². The maximum absolute atomic E-state index is 12.3. The molecule has 0 aromatic heterocycles. The van der Waals surface area contributed by atoms with Crippen molar-refractivity contribution in [3.05, 3.63) is 29.8 Å². The third-order valence-electron chi connectivity index (χ3n) is 4.95. The number of Topliss-reactive ketones (excluding diaryl/α,β-unsaturated/α-hetero) is 1. The number of carbonyl (C=O) groups excluding carboxylic acids is 2. The third kappa shape index (κ3) is 3.52. The summed E-state index contributed by atoms with van der Waals surface area (Å²) in [5.41, 5.74) is 0.970. The zero-order chi connectivity index (χ0) is 17.4. The molecule has 3 rings (SSSR count). The largest absolute Gasteiger partial charge is 0.325 e. The molecule has 24 heavy (non-hydrogen) atoms. The zero-order valence-electron chi connectivity index (χ0n) is 13.7. The highest BCUT2D eigenvalue weighted by molar-refractivity contribution is 7.89. The molecule has 2 aliphatic rings. The molecule has 7 heteroatoms. The van der Waals surface area contributed by atoms with Crippen LogP contribution < -0.4 is 5.32 Å². The van der Waals surface area contributed by atoms with Gasteiger partial charge in [0.2, 0.25) is 15.9 Å². The second kappa shape index (κ2) is 6.29. The summed E-state index contributed by atoms with van der Waals surface area (Å²) in [5.74, 6) is -0.234. The first kappa shape index (κ1) is 17.1. The minimum Gasteiger partial charge on any atom is -0.325 e. The molecule has 6 nitrogen and oxygen atoms in total. The summed E-state index contributed by atoms with van der Waals surface area (Å²) < 4.78 is 26.0. The highest BCUT2D eigenvalue weighted by Gasteiger charge is 2.49. The lowest BCUT2D eigenvalue weighted by atomic mass is 9.89. The molecular formula is C17H22N2O4S. The molecule has 1 aliphatic carbocycles. The van der Waals surface area contributed by atoms with Crippen molar-refractivity contribution in [3.8, 4) is 0 Å². The van der Waals surface area contributed by atoms with Gasteiger partial charge in [-0.15, -0.1) is 0 Å². The summed E-state index contributed by atoms with van der Waals surface area (Å²) in [4.78, 5) is 23.4. The van der Waals surface area contributed by atoms with E-state index in [2.05, 4.69) is 5.32 Å². The average molecular weight is 350 g/mol. The molecule has 1 spiro atoms. The number of nitrogens with zero attached hydrogens (tertiary/aromatic N) is 1. The van der Waals surface area contributed by atoms with Gasteiger partial charge in [0.05, 0.1) is 12.3 Å². The number of sulfonamides is 1. The second-order valence-electron chi connectivity index (χ2n) is 6.91. The van der Waals surface area contributed by atoms with E-state index in [1.807, 2.05) is 0 Å². The van der Waals surface area contributed by atoms with E-state index in [-0.39, 0.29) is 29.4 Å². The fourth-order valence-electron chi connectivity index (χ4n) is 3.73. The molecule has 130 valence electrons. The normalized spacial score (nSPS) is 21.9. The molecule has 2 fully saturated rings. The van der Waals surface area contributed by atoms with Gasteiger partial charge < -0.3 is 5.32 Å². The second-order valence-corrected chi connectivity index (χ2v) is 8.88. The number of ketones is 1. The summed E-state index contributed by atoms with van der Waals surface area (Å²) in [6.07, 6.45) is 3.99. The maximum atomic E-state index is 12.3. The van der Waals surface area contributed by atoms with Crippen molar-refractivity contribution in [1.82, 2.24) is 4.31 Å². The van der Waals surface area contributed by atoms with Crippen LogP contribution >= 0.6 is 0 Å². The summed E-state index contributed by atoms with van der Waals surface area (Å²) in [5, 5.41) is 2.70. The van der Waals surface area contributed by atoms with Gasteiger partial charge >= 0.3 is 0 Å². The van der Waals surface area contributed by atoms with Crippen molar-refractivity contribution in [3.63, 3.8) is 0 Å². The Morgan fingerprint density at radius 1 is 1.17 bits per heavy atom. The lowest BCUT2D eigenvalue weighted by Gasteiger charge is -2.20. The molecule has 1 saturated heterocycles. The van der Waals surface area contributed by atoms with Gasteiger partial charge in [-0.05, 0) is 49.4 Å². The summed E-state index contributed by atoms with van der Waals surface area (Å²) in [7, 11) is -3.36. The first-order valence-corrected chi connectivity index (χ1v) is 9.79. The SMILES string of the molecule is CC(=O)c1ccc(NC(=O)CN2CC3(CCCC3)CS2(=O)=O)cc1. The Labute approximate surface area is 142 Å².